The van der Waals surface area contributed by atoms with Crippen LogP contribution in [0, 0.1) is 5.82 Å². The molecule has 0 amide bonds. The van der Waals surface area contributed by atoms with Crippen molar-refractivity contribution in [3.05, 3.63) is 34.6 Å². The highest BCUT2D eigenvalue weighted by molar-refractivity contribution is 5.99. The standard InChI is InChI=1S/C12H13FO/c1-2-8-6-10(13)7-9-4-3-5-11(14)12(8)9/h6-7H,2-5H2,1H3. The molecule has 0 N–H and O–H groups in total. The fraction of sp³-hybridized carbons (Fsp3) is 0.417. The highest BCUT2D eigenvalue weighted by atomic mass is 19.1. The normalized spacial score (nSPS) is 15.4. The van der Waals surface area contributed by atoms with Gasteiger partial charge < -0.3 is 0 Å². The second-order valence-electron chi connectivity index (χ2n) is 3.73. The maximum Gasteiger partial charge on any atom is 0.163 e. The first-order valence-electron chi connectivity index (χ1n) is 5.07. The third-order valence-electron chi connectivity index (χ3n) is 2.78. The van der Waals surface area contributed by atoms with Crippen LogP contribution in [-0.2, 0) is 12.8 Å². The zero-order chi connectivity index (χ0) is 10.1. The Morgan fingerprint density at radius 2 is 2.14 bits per heavy atom. The van der Waals surface area contributed by atoms with Crippen LogP contribution in [0.2, 0.25) is 0 Å². The van der Waals surface area contributed by atoms with Crippen molar-refractivity contribution in [1.82, 2.24) is 0 Å². The summed E-state index contributed by atoms with van der Waals surface area (Å²) in [4.78, 5) is 11.7. The summed E-state index contributed by atoms with van der Waals surface area (Å²) >= 11 is 0. The second-order valence-corrected chi connectivity index (χ2v) is 3.73. The fourth-order valence-electron chi connectivity index (χ4n) is 2.12. The molecule has 0 bridgehead atoms. The summed E-state index contributed by atoms with van der Waals surface area (Å²) in [5.41, 5.74) is 2.56. The first kappa shape index (κ1) is 9.38. The largest absolute Gasteiger partial charge is 0.294 e. The van der Waals surface area contributed by atoms with E-state index in [1.165, 1.54) is 12.1 Å². The first-order chi connectivity index (χ1) is 6.72. The van der Waals surface area contributed by atoms with Gasteiger partial charge in [0.15, 0.2) is 5.78 Å². The van der Waals surface area contributed by atoms with Crippen molar-refractivity contribution in [3.8, 4) is 0 Å². The van der Waals surface area contributed by atoms with Crippen LogP contribution in [0.15, 0.2) is 12.1 Å². The molecular formula is C12H13FO. The van der Waals surface area contributed by atoms with Crippen LogP contribution in [-0.4, -0.2) is 5.78 Å². The highest BCUT2D eigenvalue weighted by Crippen LogP contribution is 2.26. The van der Waals surface area contributed by atoms with Crippen LogP contribution in [0.5, 0.6) is 0 Å². The predicted molar refractivity (Wildman–Crippen MR) is 53.0 cm³/mol. The minimum atomic E-state index is -0.213. The van der Waals surface area contributed by atoms with Gasteiger partial charge in [-0.05, 0) is 42.5 Å². The zero-order valence-corrected chi connectivity index (χ0v) is 8.27. The lowest BCUT2D eigenvalue weighted by Gasteiger charge is -2.17. The molecule has 0 atom stereocenters. The lowest BCUT2D eigenvalue weighted by molar-refractivity contribution is 0.0971. The number of hydrogen-bond acceptors (Lipinski definition) is 1. The van der Waals surface area contributed by atoms with Gasteiger partial charge in [-0.2, -0.15) is 0 Å². The van der Waals surface area contributed by atoms with Crippen LogP contribution >= 0.6 is 0 Å². The van der Waals surface area contributed by atoms with Gasteiger partial charge in [-0.15, -0.1) is 0 Å². The monoisotopic (exact) mass is 192 g/mol. The number of Topliss-reactive ketones (excluding diaryl/α,β-unsaturated/α-hetero) is 1. The van der Waals surface area contributed by atoms with E-state index in [1.807, 2.05) is 6.92 Å². The molecule has 14 heavy (non-hydrogen) atoms. The van der Waals surface area contributed by atoms with Gasteiger partial charge in [0, 0.05) is 12.0 Å². The number of rotatable bonds is 1. The van der Waals surface area contributed by atoms with Gasteiger partial charge in [0.2, 0.25) is 0 Å². The lowest BCUT2D eigenvalue weighted by Crippen LogP contribution is -2.14. The fourth-order valence-corrected chi connectivity index (χ4v) is 2.12. The van der Waals surface area contributed by atoms with Crippen LogP contribution in [0.4, 0.5) is 4.39 Å². The average Bonchev–Trinajstić information content (AvgIpc) is 2.16. The Hall–Kier alpha value is -1.18. The van der Waals surface area contributed by atoms with Crippen molar-refractivity contribution in [1.29, 1.82) is 0 Å². The van der Waals surface area contributed by atoms with E-state index in [9.17, 15) is 9.18 Å². The summed E-state index contributed by atoms with van der Waals surface area (Å²) in [5, 5.41) is 0. The molecule has 0 aliphatic heterocycles. The van der Waals surface area contributed by atoms with Gasteiger partial charge in [0.25, 0.3) is 0 Å². The van der Waals surface area contributed by atoms with Crippen LogP contribution in [0.3, 0.4) is 0 Å². The van der Waals surface area contributed by atoms with Gasteiger partial charge in [0.05, 0.1) is 0 Å². The number of aryl methyl sites for hydroxylation is 2. The Kier molecular flexibility index (Phi) is 2.36. The van der Waals surface area contributed by atoms with E-state index in [0.29, 0.717) is 6.42 Å². The number of halogens is 1. The molecule has 0 spiro atoms. The number of ketones is 1. The van der Waals surface area contributed by atoms with Crippen molar-refractivity contribution >= 4 is 5.78 Å². The molecule has 1 aliphatic carbocycles. The van der Waals surface area contributed by atoms with Gasteiger partial charge in [-0.1, -0.05) is 6.92 Å². The molecule has 0 saturated heterocycles. The highest BCUT2D eigenvalue weighted by Gasteiger charge is 2.20. The Morgan fingerprint density at radius 1 is 1.36 bits per heavy atom. The molecule has 1 nitrogen and oxygen atoms in total. The first-order valence-corrected chi connectivity index (χ1v) is 5.07. The Balaban J connectivity index is 2.61. The van der Waals surface area contributed by atoms with Crippen molar-refractivity contribution in [3.63, 3.8) is 0 Å². The van der Waals surface area contributed by atoms with E-state index in [1.54, 1.807) is 0 Å². The van der Waals surface area contributed by atoms with E-state index < -0.39 is 0 Å². The summed E-state index contributed by atoms with van der Waals surface area (Å²) in [6.07, 6.45) is 3.04. The maximum absolute atomic E-state index is 13.2. The molecule has 0 radical (unpaired) electrons. The average molecular weight is 192 g/mol. The van der Waals surface area contributed by atoms with E-state index in [4.69, 9.17) is 0 Å². The van der Waals surface area contributed by atoms with E-state index >= 15 is 0 Å². The summed E-state index contributed by atoms with van der Waals surface area (Å²) in [6.45, 7) is 1.96. The Morgan fingerprint density at radius 3 is 2.86 bits per heavy atom. The molecule has 0 heterocycles. The minimum absolute atomic E-state index is 0.183. The molecular weight excluding hydrogens is 179 g/mol. The molecule has 0 fully saturated rings. The molecule has 1 aromatic rings. The van der Waals surface area contributed by atoms with Gasteiger partial charge in [-0.25, -0.2) is 4.39 Å². The van der Waals surface area contributed by atoms with Crippen molar-refractivity contribution in [2.45, 2.75) is 32.6 Å². The third kappa shape index (κ3) is 1.45. The van der Waals surface area contributed by atoms with Crippen molar-refractivity contribution < 1.29 is 9.18 Å². The van der Waals surface area contributed by atoms with E-state index in [-0.39, 0.29) is 11.6 Å². The molecule has 1 aliphatic rings. The van der Waals surface area contributed by atoms with Crippen LogP contribution in [0.1, 0.15) is 41.3 Å². The van der Waals surface area contributed by atoms with Crippen molar-refractivity contribution in [2.24, 2.45) is 0 Å². The number of hydrogen-bond donors (Lipinski definition) is 0. The predicted octanol–water partition coefficient (Wildman–Crippen LogP) is 2.91. The molecule has 0 aromatic heterocycles. The topological polar surface area (TPSA) is 17.1 Å². The maximum atomic E-state index is 13.2. The Labute approximate surface area is 82.9 Å². The van der Waals surface area contributed by atoms with Gasteiger partial charge in [-0.3, -0.25) is 4.79 Å². The smallest absolute Gasteiger partial charge is 0.163 e. The number of benzene rings is 1. The van der Waals surface area contributed by atoms with E-state index in [0.717, 1.165) is 36.0 Å². The number of fused-ring (bicyclic) bond motifs is 1. The second kappa shape index (κ2) is 3.52. The number of carbonyl (C=O) groups is 1. The molecule has 1 aromatic carbocycles. The lowest BCUT2D eigenvalue weighted by atomic mass is 9.86. The summed E-state index contributed by atoms with van der Waals surface area (Å²) in [7, 11) is 0. The zero-order valence-electron chi connectivity index (χ0n) is 8.27. The molecule has 2 heteroatoms. The molecule has 0 unspecified atom stereocenters. The van der Waals surface area contributed by atoms with Gasteiger partial charge in [0.1, 0.15) is 5.82 Å². The van der Waals surface area contributed by atoms with Crippen LogP contribution < -0.4 is 0 Å². The number of carbonyl (C=O) groups excluding carboxylic acids is 1. The molecule has 74 valence electrons. The SMILES string of the molecule is CCc1cc(F)cc2c1C(=O)CCC2. The quantitative estimate of drug-likeness (QED) is 0.668. The van der Waals surface area contributed by atoms with Crippen molar-refractivity contribution in [2.75, 3.05) is 0 Å². The summed E-state index contributed by atoms with van der Waals surface area (Å²) < 4.78 is 13.2. The molecule has 0 saturated carbocycles. The third-order valence-corrected chi connectivity index (χ3v) is 2.78. The summed E-state index contributed by atoms with van der Waals surface area (Å²) in [5.74, 6) is -0.0293. The van der Waals surface area contributed by atoms with Gasteiger partial charge >= 0.3 is 0 Å². The van der Waals surface area contributed by atoms with E-state index in [2.05, 4.69) is 0 Å². The Bertz CT molecular complexity index is 365. The minimum Gasteiger partial charge on any atom is -0.294 e. The van der Waals surface area contributed by atoms with Crippen LogP contribution in [0.25, 0.3) is 0 Å². The summed E-state index contributed by atoms with van der Waals surface area (Å²) in [6, 6.07) is 2.99. The molecule has 2 rings (SSSR count).